The second-order valence-corrected chi connectivity index (χ2v) is 7.52. The van der Waals surface area contributed by atoms with Gasteiger partial charge in [-0.1, -0.05) is 33.6 Å². The Balaban J connectivity index is 2.40. The maximum atomic E-state index is 13.1. The number of rotatable bonds is 3. The number of ether oxygens (including phenoxy) is 1. The molecule has 120 valence electrons. The molecule has 0 bridgehead atoms. The van der Waals surface area contributed by atoms with Gasteiger partial charge >= 0.3 is 0 Å². The molecule has 2 fully saturated rings. The highest BCUT2D eigenvalue weighted by molar-refractivity contribution is 6.00. The molecule has 0 aromatic rings. The smallest absolute Gasteiger partial charge is 0.246 e. The van der Waals surface area contributed by atoms with Gasteiger partial charge in [0, 0.05) is 7.11 Å². The van der Waals surface area contributed by atoms with E-state index in [2.05, 4.69) is 5.32 Å². The van der Waals surface area contributed by atoms with Gasteiger partial charge in [0.1, 0.15) is 11.6 Å². The van der Waals surface area contributed by atoms with Crippen LogP contribution in [0.25, 0.3) is 0 Å². The zero-order valence-corrected chi connectivity index (χ0v) is 13.9. The number of hydrogen-bond acceptors (Lipinski definition) is 3. The Morgan fingerprint density at radius 1 is 1.33 bits per heavy atom. The van der Waals surface area contributed by atoms with Crippen molar-refractivity contribution in [3.05, 3.63) is 0 Å². The summed E-state index contributed by atoms with van der Waals surface area (Å²) in [6.45, 7) is 8.39. The van der Waals surface area contributed by atoms with Crippen molar-refractivity contribution in [1.82, 2.24) is 10.2 Å². The minimum atomic E-state index is -0.656. The van der Waals surface area contributed by atoms with Gasteiger partial charge in [-0.15, -0.1) is 0 Å². The van der Waals surface area contributed by atoms with Crippen LogP contribution in [-0.2, 0) is 14.3 Å². The van der Waals surface area contributed by atoms with Crippen LogP contribution >= 0.6 is 0 Å². The molecule has 1 aliphatic heterocycles. The zero-order valence-electron chi connectivity index (χ0n) is 13.9. The van der Waals surface area contributed by atoms with Crippen LogP contribution in [0.3, 0.4) is 0 Å². The number of carbonyl (C=O) groups excluding carboxylic acids is 2. The Kier molecular flexibility index (Phi) is 4.34. The molecule has 2 amide bonds. The number of nitrogens with zero attached hydrogens (tertiary/aromatic N) is 1. The van der Waals surface area contributed by atoms with Crippen LogP contribution in [0, 0.1) is 5.41 Å². The predicted molar refractivity (Wildman–Crippen MR) is 80.8 cm³/mol. The number of nitrogens with one attached hydrogen (secondary N) is 1. The summed E-state index contributed by atoms with van der Waals surface area (Å²) in [4.78, 5) is 27.7. The van der Waals surface area contributed by atoms with Crippen LogP contribution in [0.5, 0.6) is 0 Å². The van der Waals surface area contributed by atoms with Crippen molar-refractivity contribution in [2.75, 3.05) is 13.7 Å². The van der Waals surface area contributed by atoms with Gasteiger partial charge in [-0.3, -0.25) is 9.59 Å². The number of methoxy groups -OCH3 is 1. The van der Waals surface area contributed by atoms with Gasteiger partial charge < -0.3 is 15.0 Å². The predicted octanol–water partition coefficient (Wildman–Crippen LogP) is 1.71. The summed E-state index contributed by atoms with van der Waals surface area (Å²) < 4.78 is 5.24. The van der Waals surface area contributed by atoms with Crippen molar-refractivity contribution >= 4 is 11.8 Å². The fourth-order valence-corrected chi connectivity index (χ4v) is 3.76. The highest BCUT2D eigenvalue weighted by Crippen LogP contribution is 2.41. The molecule has 0 aromatic heterocycles. The Bertz CT molecular complexity index is 422. The molecular weight excluding hydrogens is 268 g/mol. The molecule has 1 N–H and O–H groups in total. The normalized spacial score (nSPS) is 27.1. The summed E-state index contributed by atoms with van der Waals surface area (Å²) in [5, 5.41) is 2.99. The fraction of sp³-hybridized carbons (Fsp3) is 0.875. The Morgan fingerprint density at radius 3 is 2.38 bits per heavy atom. The SMILES string of the molecule is COCC(C)N1C(=O)C(C(C)(C)C)NC(=O)C12CCCC2. The molecule has 2 aliphatic rings. The molecule has 1 aliphatic carbocycles. The maximum absolute atomic E-state index is 13.1. The Morgan fingerprint density at radius 2 is 1.90 bits per heavy atom. The molecule has 2 atom stereocenters. The van der Waals surface area contributed by atoms with E-state index < -0.39 is 11.6 Å². The molecule has 2 rings (SSSR count). The minimum absolute atomic E-state index is 0.0162. The quantitative estimate of drug-likeness (QED) is 0.862. The summed E-state index contributed by atoms with van der Waals surface area (Å²) in [5.74, 6) is 0.0519. The summed E-state index contributed by atoms with van der Waals surface area (Å²) in [7, 11) is 1.63. The van der Waals surface area contributed by atoms with Crippen molar-refractivity contribution in [3.8, 4) is 0 Å². The maximum Gasteiger partial charge on any atom is 0.246 e. The van der Waals surface area contributed by atoms with Gasteiger partial charge in [0.15, 0.2) is 0 Å². The van der Waals surface area contributed by atoms with Gasteiger partial charge in [-0.05, 0) is 25.2 Å². The Hall–Kier alpha value is -1.10. The van der Waals surface area contributed by atoms with Gasteiger partial charge in [0.25, 0.3) is 0 Å². The second kappa shape index (κ2) is 5.59. The average Bonchev–Trinajstić information content (AvgIpc) is 2.83. The lowest BCUT2D eigenvalue weighted by Gasteiger charge is -2.51. The van der Waals surface area contributed by atoms with E-state index in [9.17, 15) is 9.59 Å². The van der Waals surface area contributed by atoms with Crippen LogP contribution in [0.4, 0.5) is 0 Å². The molecule has 1 saturated carbocycles. The van der Waals surface area contributed by atoms with E-state index in [0.717, 1.165) is 25.7 Å². The lowest BCUT2D eigenvalue weighted by Crippen LogP contribution is -2.74. The van der Waals surface area contributed by atoms with Crippen LogP contribution < -0.4 is 5.32 Å². The summed E-state index contributed by atoms with van der Waals surface area (Å²) >= 11 is 0. The molecular formula is C16H28N2O3. The largest absolute Gasteiger partial charge is 0.383 e. The van der Waals surface area contributed by atoms with Crippen LogP contribution in [0.1, 0.15) is 53.4 Å². The third kappa shape index (κ3) is 2.68. The molecule has 0 radical (unpaired) electrons. The van der Waals surface area contributed by atoms with E-state index in [-0.39, 0.29) is 23.3 Å². The number of piperazine rings is 1. The summed E-state index contributed by atoms with van der Waals surface area (Å²) in [6.07, 6.45) is 3.51. The van der Waals surface area contributed by atoms with Crippen molar-refractivity contribution in [2.45, 2.75) is 71.0 Å². The third-order valence-corrected chi connectivity index (χ3v) is 4.79. The van der Waals surface area contributed by atoms with E-state index in [4.69, 9.17) is 4.74 Å². The van der Waals surface area contributed by atoms with E-state index in [0.29, 0.717) is 6.61 Å². The van der Waals surface area contributed by atoms with Gasteiger partial charge in [-0.2, -0.15) is 0 Å². The van der Waals surface area contributed by atoms with Gasteiger partial charge in [0.2, 0.25) is 11.8 Å². The zero-order chi connectivity index (χ0) is 15.8. The topological polar surface area (TPSA) is 58.6 Å². The summed E-state index contributed by atoms with van der Waals surface area (Å²) in [5.41, 5.74) is -0.950. The number of amides is 2. The van der Waals surface area contributed by atoms with Crippen molar-refractivity contribution in [1.29, 1.82) is 0 Å². The first kappa shape index (κ1) is 16.3. The van der Waals surface area contributed by atoms with Crippen LogP contribution in [0.15, 0.2) is 0 Å². The van der Waals surface area contributed by atoms with E-state index in [1.54, 1.807) is 7.11 Å². The second-order valence-electron chi connectivity index (χ2n) is 7.52. The standard InChI is InChI=1S/C16H28N2O3/c1-11(10-21-5)18-13(19)12(15(2,3)4)17-14(20)16(18)8-6-7-9-16/h11-12H,6-10H2,1-5H3,(H,17,20). The van der Waals surface area contributed by atoms with Crippen molar-refractivity contribution in [2.24, 2.45) is 5.41 Å². The molecule has 1 saturated heterocycles. The average molecular weight is 296 g/mol. The van der Waals surface area contributed by atoms with Gasteiger partial charge in [-0.25, -0.2) is 0 Å². The first-order chi connectivity index (χ1) is 9.74. The first-order valence-corrected chi connectivity index (χ1v) is 7.87. The minimum Gasteiger partial charge on any atom is -0.383 e. The molecule has 1 heterocycles. The number of carbonyl (C=O) groups is 2. The monoisotopic (exact) mass is 296 g/mol. The van der Waals surface area contributed by atoms with Crippen LogP contribution in [0.2, 0.25) is 0 Å². The first-order valence-electron chi connectivity index (χ1n) is 7.87. The van der Waals surface area contributed by atoms with Crippen molar-refractivity contribution in [3.63, 3.8) is 0 Å². The molecule has 21 heavy (non-hydrogen) atoms. The summed E-state index contributed by atoms with van der Waals surface area (Å²) in [6, 6.07) is -0.549. The fourth-order valence-electron chi connectivity index (χ4n) is 3.76. The number of hydrogen-bond donors (Lipinski definition) is 1. The molecule has 5 nitrogen and oxygen atoms in total. The molecule has 1 spiro atoms. The highest BCUT2D eigenvalue weighted by atomic mass is 16.5. The highest BCUT2D eigenvalue weighted by Gasteiger charge is 2.56. The molecule has 5 heteroatoms. The van der Waals surface area contributed by atoms with E-state index in [1.165, 1.54) is 0 Å². The third-order valence-electron chi connectivity index (χ3n) is 4.79. The van der Waals surface area contributed by atoms with Crippen molar-refractivity contribution < 1.29 is 14.3 Å². The Labute approximate surface area is 127 Å². The van der Waals surface area contributed by atoms with E-state index >= 15 is 0 Å². The van der Waals surface area contributed by atoms with Gasteiger partial charge in [0.05, 0.1) is 12.6 Å². The lowest BCUT2D eigenvalue weighted by atomic mass is 9.79. The lowest BCUT2D eigenvalue weighted by molar-refractivity contribution is -0.165. The molecule has 2 unspecified atom stereocenters. The van der Waals surface area contributed by atoms with Crippen LogP contribution in [-0.4, -0.2) is 48.1 Å². The molecule has 0 aromatic carbocycles. The van der Waals surface area contributed by atoms with E-state index in [1.807, 2.05) is 32.6 Å².